The lowest BCUT2D eigenvalue weighted by Gasteiger charge is -2.32. The molecule has 3 heterocycles. The molecule has 114 valence electrons. The largest absolute Gasteiger partial charge is 0.488 e. The van der Waals surface area contributed by atoms with Crippen molar-refractivity contribution in [2.45, 2.75) is 18.9 Å². The maximum atomic E-state index is 12.4. The maximum absolute atomic E-state index is 12.4. The molecule has 0 spiro atoms. The number of aromatic nitrogens is 1. The molecule has 0 saturated carbocycles. The van der Waals surface area contributed by atoms with Gasteiger partial charge >= 0.3 is 5.63 Å². The highest BCUT2D eigenvalue weighted by atomic mass is 16.5. The van der Waals surface area contributed by atoms with Crippen LogP contribution in [0.4, 0.5) is 0 Å². The summed E-state index contributed by atoms with van der Waals surface area (Å²) in [7, 11) is 0. The first kappa shape index (κ1) is 14.3. The zero-order valence-corrected chi connectivity index (χ0v) is 12.0. The van der Waals surface area contributed by atoms with E-state index in [4.69, 9.17) is 9.15 Å². The quantitative estimate of drug-likeness (QED) is 0.863. The first-order valence-electron chi connectivity index (χ1n) is 7.17. The summed E-state index contributed by atoms with van der Waals surface area (Å²) < 4.78 is 10.6. The molecule has 1 fully saturated rings. The van der Waals surface area contributed by atoms with Crippen LogP contribution in [0.1, 0.15) is 23.2 Å². The lowest BCUT2D eigenvalue weighted by Crippen LogP contribution is -2.44. The molecule has 1 aliphatic heterocycles. The maximum Gasteiger partial charge on any atom is 0.335 e. The van der Waals surface area contributed by atoms with E-state index in [-0.39, 0.29) is 12.0 Å². The smallest absolute Gasteiger partial charge is 0.335 e. The molecule has 0 radical (unpaired) electrons. The van der Waals surface area contributed by atoms with E-state index < -0.39 is 5.63 Å². The number of amides is 1. The highest BCUT2D eigenvalue weighted by Gasteiger charge is 2.26. The average Bonchev–Trinajstić information content (AvgIpc) is 2.56. The summed E-state index contributed by atoms with van der Waals surface area (Å²) in [5.41, 5.74) is -0.0850. The fourth-order valence-electron chi connectivity index (χ4n) is 2.49. The van der Waals surface area contributed by atoms with Crippen molar-refractivity contribution in [1.29, 1.82) is 0 Å². The number of rotatable bonds is 3. The molecule has 1 atom stereocenters. The second-order valence-electron chi connectivity index (χ2n) is 5.16. The predicted octanol–water partition coefficient (Wildman–Crippen LogP) is 1.72. The van der Waals surface area contributed by atoms with Crippen molar-refractivity contribution >= 4 is 5.91 Å². The molecule has 2 aromatic heterocycles. The van der Waals surface area contributed by atoms with Crippen LogP contribution in [-0.2, 0) is 0 Å². The van der Waals surface area contributed by atoms with Gasteiger partial charge in [-0.25, -0.2) is 4.79 Å². The molecular formula is C16H16N2O4. The Bertz CT molecular complexity index is 678. The Balaban J connectivity index is 1.66. The molecule has 1 amide bonds. The van der Waals surface area contributed by atoms with Gasteiger partial charge in [0.15, 0.2) is 0 Å². The minimum absolute atomic E-state index is 0.0455. The second-order valence-corrected chi connectivity index (χ2v) is 5.16. The summed E-state index contributed by atoms with van der Waals surface area (Å²) in [5, 5.41) is 0. The van der Waals surface area contributed by atoms with Crippen LogP contribution in [0.15, 0.2) is 52.1 Å². The third kappa shape index (κ3) is 3.33. The molecule has 6 nitrogen and oxygen atoms in total. The normalized spacial score (nSPS) is 18.0. The number of ether oxygens (including phenoxy) is 1. The highest BCUT2D eigenvalue weighted by Crippen LogP contribution is 2.19. The van der Waals surface area contributed by atoms with Gasteiger partial charge in [0.1, 0.15) is 18.1 Å². The van der Waals surface area contributed by atoms with Crippen LogP contribution >= 0.6 is 0 Å². The van der Waals surface area contributed by atoms with Crippen molar-refractivity contribution in [3.63, 3.8) is 0 Å². The Morgan fingerprint density at radius 3 is 2.82 bits per heavy atom. The number of likely N-dealkylation sites (tertiary alicyclic amines) is 1. The molecule has 1 unspecified atom stereocenters. The number of nitrogens with zero attached hydrogens (tertiary/aromatic N) is 2. The van der Waals surface area contributed by atoms with Crippen LogP contribution in [-0.4, -0.2) is 35.0 Å². The standard InChI is InChI=1S/C16H16N2O4/c19-15-4-3-12(11-21-15)16(20)18-9-1-2-14(10-18)22-13-5-7-17-8-6-13/h3-8,11,14H,1-2,9-10H2. The van der Waals surface area contributed by atoms with Crippen molar-refractivity contribution in [3.05, 3.63) is 58.9 Å². The van der Waals surface area contributed by atoms with Gasteiger partial charge in [-0.2, -0.15) is 0 Å². The van der Waals surface area contributed by atoms with E-state index in [1.54, 1.807) is 29.4 Å². The van der Waals surface area contributed by atoms with Gasteiger partial charge in [-0.1, -0.05) is 0 Å². The molecule has 0 N–H and O–H groups in total. The van der Waals surface area contributed by atoms with E-state index in [0.29, 0.717) is 18.7 Å². The number of pyridine rings is 1. The summed E-state index contributed by atoms with van der Waals surface area (Å²) >= 11 is 0. The van der Waals surface area contributed by atoms with Crippen molar-refractivity contribution in [3.8, 4) is 5.75 Å². The number of hydrogen-bond acceptors (Lipinski definition) is 5. The fourth-order valence-corrected chi connectivity index (χ4v) is 2.49. The number of hydrogen-bond donors (Lipinski definition) is 0. The zero-order valence-electron chi connectivity index (χ0n) is 12.0. The van der Waals surface area contributed by atoms with Gasteiger partial charge in [0, 0.05) is 25.0 Å². The van der Waals surface area contributed by atoms with E-state index in [9.17, 15) is 9.59 Å². The number of piperidine rings is 1. The van der Waals surface area contributed by atoms with E-state index in [0.717, 1.165) is 18.6 Å². The Hall–Kier alpha value is -2.63. The lowest BCUT2D eigenvalue weighted by molar-refractivity contribution is 0.0535. The van der Waals surface area contributed by atoms with Gasteiger partial charge in [0.2, 0.25) is 0 Å². The fraction of sp³-hybridized carbons (Fsp3) is 0.312. The molecule has 2 aromatic rings. The Morgan fingerprint density at radius 2 is 2.09 bits per heavy atom. The minimum Gasteiger partial charge on any atom is -0.488 e. The summed E-state index contributed by atoms with van der Waals surface area (Å²) in [6, 6.07) is 6.34. The molecule has 6 heteroatoms. The summed E-state index contributed by atoms with van der Waals surface area (Å²) in [6.07, 6.45) is 6.28. The van der Waals surface area contributed by atoms with Crippen LogP contribution < -0.4 is 10.4 Å². The Labute approximate surface area is 127 Å². The summed E-state index contributed by atoms with van der Waals surface area (Å²) in [4.78, 5) is 29.0. The zero-order chi connectivity index (χ0) is 15.4. The van der Waals surface area contributed by atoms with Crippen LogP contribution in [0.5, 0.6) is 5.75 Å². The SMILES string of the molecule is O=C(c1ccc(=O)oc1)N1CCCC(Oc2ccncc2)C1. The monoisotopic (exact) mass is 300 g/mol. The van der Waals surface area contributed by atoms with E-state index in [2.05, 4.69) is 4.98 Å². The van der Waals surface area contributed by atoms with E-state index in [1.165, 1.54) is 18.4 Å². The van der Waals surface area contributed by atoms with Crippen LogP contribution in [0.25, 0.3) is 0 Å². The first-order chi connectivity index (χ1) is 10.7. The van der Waals surface area contributed by atoms with Crippen molar-refractivity contribution in [1.82, 2.24) is 9.88 Å². The molecule has 22 heavy (non-hydrogen) atoms. The molecule has 1 aliphatic rings. The van der Waals surface area contributed by atoms with E-state index in [1.807, 2.05) is 0 Å². The van der Waals surface area contributed by atoms with Gasteiger partial charge in [0.05, 0.1) is 12.1 Å². The second kappa shape index (κ2) is 6.43. The average molecular weight is 300 g/mol. The van der Waals surface area contributed by atoms with E-state index >= 15 is 0 Å². The van der Waals surface area contributed by atoms with Crippen LogP contribution in [0, 0.1) is 0 Å². The van der Waals surface area contributed by atoms with Gasteiger partial charge < -0.3 is 14.1 Å². The van der Waals surface area contributed by atoms with Crippen molar-refractivity contribution in [2.24, 2.45) is 0 Å². The number of carbonyl (C=O) groups is 1. The topological polar surface area (TPSA) is 72.6 Å². The van der Waals surface area contributed by atoms with Gasteiger partial charge in [-0.15, -0.1) is 0 Å². The van der Waals surface area contributed by atoms with Crippen molar-refractivity contribution in [2.75, 3.05) is 13.1 Å². The van der Waals surface area contributed by atoms with Gasteiger partial charge in [0.25, 0.3) is 5.91 Å². The Kier molecular flexibility index (Phi) is 4.18. The van der Waals surface area contributed by atoms with Gasteiger partial charge in [-0.3, -0.25) is 9.78 Å². The Morgan fingerprint density at radius 1 is 1.27 bits per heavy atom. The third-order valence-corrected chi connectivity index (χ3v) is 3.57. The first-order valence-corrected chi connectivity index (χ1v) is 7.17. The molecule has 0 aromatic carbocycles. The molecule has 3 rings (SSSR count). The van der Waals surface area contributed by atoms with Crippen molar-refractivity contribution < 1.29 is 13.9 Å². The molecule has 1 saturated heterocycles. The molecule has 0 aliphatic carbocycles. The highest BCUT2D eigenvalue weighted by molar-refractivity contribution is 5.93. The predicted molar refractivity (Wildman–Crippen MR) is 78.8 cm³/mol. The van der Waals surface area contributed by atoms with Gasteiger partial charge in [-0.05, 0) is 31.0 Å². The molecule has 0 bridgehead atoms. The minimum atomic E-state index is -0.464. The molecular weight excluding hydrogens is 284 g/mol. The van der Waals surface area contributed by atoms with Crippen LogP contribution in [0.2, 0.25) is 0 Å². The summed E-state index contributed by atoms with van der Waals surface area (Å²) in [6.45, 7) is 1.19. The number of carbonyl (C=O) groups excluding carboxylic acids is 1. The third-order valence-electron chi connectivity index (χ3n) is 3.57. The summed E-state index contributed by atoms with van der Waals surface area (Å²) in [5.74, 6) is 0.604. The van der Waals surface area contributed by atoms with Crippen LogP contribution in [0.3, 0.4) is 0 Å². The lowest BCUT2D eigenvalue weighted by atomic mass is 10.1.